The van der Waals surface area contributed by atoms with Gasteiger partial charge in [-0.25, -0.2) is 9.97 Å². The number of nitrogens with one attached hydrogen (secondary N) is 1. The summed E-state index contributed by atoms with van der Waals surface area (Å²) in [6, 6.07) is 6.28. The van der Waals surface area contributed by atoms with Crippen molar-refractivity contribution in [2.24, 2.45) is 0 Å². The second-order valence-electron chi connectivity index (χ2n) is 5.24. The topological polar surface area (TPSA) is 37.8 Å². The molecule has 0 radical (unpaired) electrons. The molecule has 3 rings (SSSR count). The lowest BCUT2D eigenvalue weighted by Gasteiger charge is -2.19. The number of halogens is 1. The normalized spacial score (nSPS) is 13.9. The van der Waals surface area contributed by atoms with Gasteiger partial charge >= 0.3 is 0 Å². The zero-order valence-corrected chi connectivity index (χ0v) is 13.4. The van der Waals surface area contributed by atoms with Crippen molar-refractivity contribution >= 4 is 21.7 Å². The fourth-order valence-corrected chi connectivity index (χ4v) is 3.04. The maximum atomic E-state index is 4.79. The van der Waals surface area contributed by atoms with E-state index in [-0.39, 0.29) is 0 Å². The first-order valence-corrected chi connectivity index (χ1v) is 7.82. The third-order valence-corrected chi connectivity index (χ3v) is 4.70. The van der Waals surface area contributed by atoms with Gasteiger partial charge in [-0.15, -0.1) is 0 Å². The van der Waals surface area contributed by atoms with Gasteiger partial charge in [-0.3, -0.25) is 0 Å². The van der Waals surface area contributed by atoms with Gasteiger partial charge in [0.05, 0.1) is 0 Å². The Morgan fingerprint density at radius 2 is 1.95 bits per heavy atom. The zero-order chi connectivity index (χ0) is 14.1. The third kappa shape index (κ3) is 2.44. The van der Waals surface area contributed by atoms with Gasteiger partial charge in [-0.1, -0.05) is 28.1 Å². The van der Waals surface area contributed by atoms with E-state index in [2.05, 4.69) is 46.4 Å². The lowest BCUT2D eigenvalue weighted by molar-refractivity contribution is 0.665. The van der Waals surface area contributed by atoms with Crippen LogP contribution in [0.4, 0.5) is 5.82 Å². The monoisotopic (exact) mass is 331 g/mol. The highest BCUT2D eigenvalue weighted by Crippen LogP contribution is 2.29. The van der Waals surface area contributed by atoms with Crippen molar-refractivity contribution in [3.8, 4) is 11.4 Å². The molecular weight excluding hydrogens is 314 g/mol. The van der Waals surface area contributed by atoms with Crippen LogP contribution in [0.1, 0.15) is 29.7 Å². The van der Waals surface area contributed by atoms with Gasteiger partial charge in [-0.05, 0) is 44.2 Å². The van der Waals surface area contributed by atoms with Gasteiger partial charge in [0.2, 0.25) is 0 Å². The summed E-state index contributed by atoms with van der Waals surface area (Å²) in [6.07, 6.45) is 4.61. The summed E-state index contributed by atoms with van der Waals surface area (Å²) in [7, 11) is 1.94. The molecule has 0 unspecified atom stereocenters. The molecule has 1 heterocycles. The van der Waals surface area contributed by atoms with Crippen molar-refractivity contribution in [1.29, 1.82) is 0 Å². The predicted molar refractivity (Wildman–Crippen MR) is 86.1 cm³/mol. The third-order valence-electron chi connectivity index (χ3n) is 3.85. The minimum absolute atomic E-state index is 0.815. The van der Waals surface area contributed by atoms with Crippen LogP contribution in [0, 0.1) is 6.92 Å². The molecule has 0 fully saturated rings. The molecule has 1 aromatic carbocycles. The SMILES string of the molecule is CNc1nc(-c2ccc(C)c(Br)c2)nc2c1CCCC2. The van der Waals surface area contributed by atoms with E-state index in [9.17, 15) is 0 Å². The number of hydrogen-bond acceptors (Lipinski definition) is 3. The molecule has 1 aromatic heterocycles. The summed E-state index contributed by atoms with van der Waals surface area (Å²) < 4.78 is 1.10. The van der Waals surface area contributed by atoms with Gasteiger partial charge < -0.3 is 5.32 Å². The summed E-state index contributed by atoms with van der Waals surface area (Å²) in [5.74, 6) is 1.80. The van der Waals surface area contributed by atoms with Crippen molar-refractivity contribution in [3.05, 3.63) is 39.5 Å². The van der Waals surface area contributed by atoms with Crippen LogP contribution in [0.5, 0.6) is 0 Å². The number of fused-ring (bicyclic) bond motifs is 1. The standard InChI is InChI=1S/C16H18BrN3/c1-10-7-8-11(9-13(10)17)15-19-14-6-4-3-5-12(14)16(18-2)20-15/h7-9H,3-6H2,1-2H3,(H,18,19,20). The molecule has 0 bridgehead atoms. The predicted octanol–water partition coefficient (Wildman–Crippen LogP) is 4.14. The highest BCUT2D eigenvalue weighted by Gasteiger charge is 2.17. The Bertz CT molecular complexity index is 635. The smallest absolute Gasteiger partial charge is 0.161 e. The highest BCUT2D eigenvalue weighted by molar-refractivity contribution is 9.10. The van der Waals surface area contributed by atoms with Crippen LogP contribution in [-0.4, -0.2) is 17.0 Å². The fourth-order valence-electron chi connectivity index (χ4n) is 2.66. The molecule has 3 nitrogen and oxygen atoms in total. The van der Waals surface area contributed by atoms with Crippen LogP contribution in [0.3, 0.4) is 0 Å². The second kappa shape index (κ2) is 5.52. The van der Waals surface area contributed by atoms with Crippen molar-refractivity contribution in [2.45, 2.75) is 32.6 Å². The van der Waals surface area contributed by atoms with Crippen LogP contribution >= 0.6 is 15.9 Å². The molecule has 1 N–H and O–H groups in total. The Balaban J connectivity index is 2.11. The molecule has 1 aliphatic carbocycles. The molecule has 20 heavy (non-hydrogen) atoms. The molecule has 104 valence electrons. The largest absolute Gasteiger partial charge is 0.373 e. The number of aromatic nitrogens is 2. The van der Waals surface area contributed by atoms with Crippen molar-refractivity contribution in [1.82, 2.24) is 9.97 Å². The Labute approximate surface area is 128 Å². The molecule has 1 aliphatic rings. The Kier molecular flexibility index (Phi) is 3.74. The first kappa shape index (κ1) is 13.6. The highest BCUT2D eigenvalue weighted by atomic mass is 79.9. The van der Waals surface area contributed by atoms with E-state index in [1.807, 2.05) is 7.05 Å². The van der Waals surface area contributed by atoms with Crippen molar-refractivity contribution < 1.29 is 0 Å². The van der Waals surface area contributed by atoms with Crippen LogP contribution in [0.15, 0.2) is 22.7 Å². The van der Waals surface area contributed by atoms with E-state index in [4.69, 9.17) is 9.97 Å². The Morgan fingerprint density at radius 1 is 1.15 bits per heavy atom. The van der Waals surface area contributed by atoms with Crippen LogP contribution < -0.4 is 5.32 Å². The van der Waals surface area contributed by atoms with Crippen LogP contribution in [0.2, 0.25) is 0 Å². The average Bonchev–Trinajstić information content (AvgIpc) is 2.49. The van der Waals surface area contributed by atoms with E-state index < -0.39 is 0 Å². The first-order valence-electron chi connectivity index (χ1n) is 7.03. The molecule has 0 saturated heterocycles. The zero-order valence-electron chi connectivity index (χ0n) is 11.8. The minimum atomic E-state index is 0.815. The lowest BCUT2D eigenvalue weighted by atomic mass is 9.96. The molecule has 2 aromatic rings. The Morgan fingerprint density at radius 3 is 2.70 bits per heavy atom. The molecule has 4 heteroatoms. The number of anilines is 1. The summed E-state index contributed by atoms with van der Waals surface area (Å²) in [5, 5.41) is 3.23. The lowest BCUT2D eigenvalue weighted by Crippen LogP contribution is -2.11. The van der Waals surface area contributed by atoms with Crippen LogP contribution in [-0.2, 0) is 12.8 Å². The Hall–Kier alpha value is -1.42. The van der Waals surface area contributed by atoms with Crippen molar-refractivity contribution in [2.75, 3.05) is 12.4 Å². The maximum absolute atomic E-state index is 4.79. The first-order chi connectivity index (χ1) is 9.69. The summed E-state index contributed by atoms with van der Waals surface area (Å²) in [6.45, 7) is 2.08. The number of aryl methyl sites for hydroxylation is 2. The molecule has 0 spiro atoms. The fraction of sp³-hybridized carbons (Fsp3) is 0.375. The van der Waals surface area contributed by atoms with E-state index >= 15 is 0 Å². The van der Waals surface area contributed by atoms with Crippen molar-refractivity contribution in [3.63, 3.8) is 0 Å². The van der Waals surface area contributed by atoms with E-state index in [1.165, 1.54) is 29.7 Å². The van der Waals surface area contributed by atoms with Gasteiger partial charge in [0.25, 0.3) is 0 Å². The van der Waals surface area contributed by atoms with Crippen LogP contribution in [0.25, 0.3) is 11.4 Å². The maximum Gasteiger partial charge on any atom is 0.161 e. The molecule has 0 aliphatic heterocycles. The number of benzene rings is 1. The molecule has 0 atom stereocenters. The molecule has 0 saturated carbocycles. The van der Waals surface area contributed by atoms with Gasteiger partial charge in [-0.2, -0.15) is 0 Å². The molecule has 0 amide bonds. The minimum Gasteiger partial charge on any atom is -0.373 e. The number of nitrogens with zero attached hydrogens (tertiary/aromatic N) is 2. The van der Waals surface area contributed by atoms with E-state index in [0.717, 1.165) is 34.5 Å². The summed E-state index contributed by atoms with van der Waals surface area (Å²) in [4.78, 5) is 9.49. The van der Waals surface area contributed by atoms with Gasteiger partial charge in [0.1, 0.15) is 5.82 Å². The van der Waals surface area contributed by atoms with Gasteiger partial charge in [0, 0.05) is 28.3 Å². The average molecular weight is 332 g/mol. The summed E-state index contributed by atoms with van der Waals surface area (Å²) >= 11 is 3.58. The second-order valence-corrected chi connectivity index (χ2v) is 6.10. The molecular formula is C16H18BrN3. The quantitative estimate of drug-likeness (QED) is 0.898. The summed E-state index contributed by atoms with van der Waals surface area (Å²) in [5.41, 5.74) is 4.80. The van der Waals surface area contributed by atoms with E-state index in [1.54, 1.807) is 0 Å². The number of hydrogen-bond donors (Lipinski definition) is 1. The number of rotatable bonds is 2. The van der Waals surface area contributed by atoms with Gasteiger partial charge in [0.15, 0.2) is 5.82 Å². The van der Waals surface area contributed by atoms with E-state index in [0.29, 0.717) is 0 Å².